The van der Waals surface area contributed by atoms with Crippen LogP contribution in [0.25, 0.3) is 0 Å². The molecule has 0 aliphatic carbocycles. The number of nitrogens with zero attached hydrogens (tertiary/aromatic N) is 2. The van der Waals surface area contributed by atoms with E-state index in [2.05, 4.69) is 15.5 Å². The highest BCUT2D eigenvalue weighted by atomic mass is 35.5. The Balaban J connectivity index is 0.00000144. The van der Waals surface area contributed by atoms with Gasteiger partial charge in [0.05, 0.1) is 11.9 Å². The van der Waals surface area contributed by atoms with E-state index in [-0.39, 0.29) is 17.3 Å². The minimum Gasteiger partial charge on any atom is -0.315 e. The summed E-state index contributed by atoms with van der Waals surface area (Å²) in [4.78, 5) is 0.286. The number of rotatable bonds is 2. The number of aryl methyl sites for hydroxylation is 1. The van der Waals surface area contributed by atoms with Crippen molar-refractivity contribution < 1.29 is 8.42 Å². The highest BCUT2D eigenvalue weighted by Crippen LogP contribution is 2.17. The first kappa shape index (κ1) is 14.4. The highest BCUT2D eigenvalue weighted by molar-refractivity contribution is 7.89. The van der Waals surface area contributed by atoms with E-state index < -0.39 is 10.0 Å². The quantitative estimate of drug-likeness (QED) is 0.807. The summed E-state index contributed by atoms with van der Waals surface area (Å²) in [6, 6.07) is 0. The van der Waals surface area contributed by atoms with Crippen molar-refractivity contribution in [3.63, 3.8) is 0 Å². The van der Waals surface area contributed by atoms with Crippen LogP contribution in [-0.2, 0) is 10.0 Å². The Kier molecular flexibility index (Phi) is 4.93. The monoisotopic (exact) mass is 280 g/mol. The van der Waals surface area contributed by atoms with Gasteiger partial charge in [0, 0.05) is 19.6 Å². The van der Waals surface area contributed by atoms with Crippen molar-refractivity contribution in [1.82, 2.24) is 19.8 Å². The van der Waals surface area contributed by atoms with Crippen LogP contribution in [-0.4, -0.2) is 49.1 Å². The maximum Gasteiger partial charge on any atom is 0.246 e. The van der Waals surface area contributed by atoms with E-state index in [4.69, 9.17) is 0 Å². The Morgan fingerprint density at radius 1 is 1.35 bits per heavy atom. The lowest BCUT2D eigenvalue weighted by molar-refractivity contribution is 0.431. The van der Waals surface area contributed by atoms with Gasteiger partial charge in [0.1, 0.15) is 4.90 Å². The maximum atomic E-state index is 12.3. The van der Waals surface area contributed by atoms with Crippen LogP contribution in [0.5, 0.6) is 0 Å². The predicted molar refractivity (Wildman–Crippen MR) is 66.8 cm³/mol. The van der Waals surface area contributed by atoms with Crippen LogP contribution in [0.2, 0.25) is 0 Å². The molecule has 0 amide bonds. The number of nitrogens with one attached hydrogen (secondary N) is 2. The van der Waals surface area contributed by atoms with E-state index in [0.29, 0.717) is 25.3 Å². The van der Waals surface area contributed by atoms with E-state index in [1.807, 2.05) is 0 Å². The second-order valence-corrected chi connectivity index (χ2v) is 5.77. The van der Waals surface area contributed by atoms with Crippen LogP contribution < -0.4 is 5.32 Å². The van der Waals surface area contributed by atoms with Crippen molar-refractivity contribution in [2.24, 2.45) is 0 Å². The fourth-order valence-corrected chi connectivity index (χ4v) is 3.40. The van der Waals surface area contributed by atoms with Crippen molar-refractivity contribution in [2.75, 3.05) is 26.2 Å². The molecule has 1 aliphatic heterocycles. The second kappa shape index (κ2) is 5.81. The Labute approximate surface area is 107 Å². The molecule has 0 spiro atoms. The van der Waals surface area contributed by atoms with E-state index in [1.54, 1.807) is 6.92 Å². The molecule has 0 saturated carbocycles. The van der Waals surface area contributed by atoms with Gasteiger partial charge in [-0.1, -0.05) is 0 Å². The molecule has 1 aliphatic rings. The molecule has 1 aromatic rings. The molecule has 0 unspecified atom stereocenters. The molecule has 98 valence electrons. The van der Waals surface area contributed by atoms with Crippen molar-refractivity contribution in [2.45, 2.75) is 18.2 Å². The molecule has 0 aromatic carbocycles. The highest BCUT2D eigenvalue weighted by Gasteiger charge is 2.27. The summed E-state index contributed by atoms with van der Waals surface area (Å²) in [5.74, 6) is 0. The van der Waals surface area contributed by atoms with Crippen LogP contribution >= 0.6 is 12.4 Å². The first-order valence-electron chi connectivity index (χ1n) is 5.33. The fourth-order valence-electron chi connectivity index (χ4n) is 1.80. The summed E-state index contributed by atoms with van der Waals surface area (Å²) in [5.41, 5.74) is 0.595. The van der Waals surface area contributed by atoms with Crippen molar-refractivity contribution in [3.8, 4) is 0 Å². The average molecular weight is 281 g/mol. The molecule has 2 rings (SSSR count). The number of aromatic amines is 1. The summed E-state index contributed by atoms with van der Waals surface area (Å²) in [7, 11) is -3.37. The molecule has 2 N–H and O–H groups in total. The number of sulfonamides is 1. The molecule has 1 aromatic heterocycles. The van der Waals surface area contributed by atoms with Gasteiger partial charge in [0.2, 0.25) is 10.0 Å². The number of hydrogen-bond donors (Lipinski definition) is 2. The van der Waals surface area contributed by atoms with Crippen molar-refractivity contribution >= 4 is 22.4 Å². The lowest BCUT2D eigenvalue weighted by Crippen LogP contribution is -2.34. The topological polar surface area (TPSA) is 78.1 Å². The van der Waals surface area contributed by atoms with Crippen LogP contribution in [0, 0.1) is 6.92 Å². The Morgan fingerprint density at radius 2 is 2.12 bits per heavy atom. The predicted octanol–water partition coefficient (Wildman–Crippen LogP) is 0.124. The zero-order chi connectivity index (χ0) is 11.6. The van der Waals surface area contributed by atoms with Crippen molar-refractivity contribution in [3.05, 3.63) is 11.9 Å². The number of aromatic nitrogens is 2. The van der Waals surface area contributed by atoms with Crippen LogP contribution in [0.3, 0.4) is 0 Å². The Hall–Kier alpha value is -0.630. The lowest BCUT2D eigenvalue weighted by Gasteiger charge is -2.18. The summed E-state index contributed by atoms with van der Waals surface area (Å²) in [5, 5.41) is 9.60. The van der Waals surface area contributed by atoms with Gasteiger partial charge in [0.25, 0.3) is 0 Å². The zero-order valence-electron chi connectivity index (χ0n) is 9.64. The third kappa shape index (κ3) is 2.98. The molecule has 0 bridgehead atoms. The van der Waals surface area contributed by atoms with E-state index in [0.717, 1.165) is 13.0 Å². The molecule has 0 atom stereocenters. The van der Waals surface area contributed by atoms with E-state index in [1.165, 1.54) is 10.5 Å². The van der Waals surface area contributed by atoms with Gasteiger partial charge in [-0.25, -0.2) is 8.42 Å². The summed E-state index contributed by atoms with van der Waals surface area (Å²) in [6.07, 6.45) is 2.22. The summed E-state index contributed by atoms with van der Waals surface area (Å²) >= 11 is 0. The first-order valence-corrected chi connectivity index (χ1v) is 6.77. The van der Waals surface area contributed by atoms with Gasteiger partial charge in [-0.15, -0.1) is 12.4 Å². The van der Waals surface area contributed by atoms with Gasteiger partial charge in [-0.05, 0) is 19.9 Å². The van der Waals surface area contributed by atoms with Gasteiger partial charge in [-0.2, -0.15) is 9.40 Å². The minimum atomic E-state index is -3.37. The smallest absolute Gasteiger partial charge is 0.246 e. The van der Waals surface area contributed by atoms with Crippen LogP contribution in [0.1, 0.15) is 12.1 Å². The standard InChI is InChI=1S/C9H16N4O2S.ClH/c1-8-9(7-11-12-8)16(14,15)13-5-2-3-10-4-6-13;/h7,10H,2-6H2,1H3,(H,11,12);1H. The van der Waals surface area contributed by atoms with Crippen LogP contribution in [0.4, 0.5) is 0 Å². The third-order valence-corrected chi connectivity index (χ3v) is 4.71. The molecule has 17 heavy (non-hydrogen) atoms. The Morgan fingerprint density at radius 3 is 2.76 bits per heavy atom. The molecule has 0 radical (unpaired) electrons. The number of hydrogen-bond acceptors (Lipinski definition) is 4. The summed E-state index contributed by atoms with van der Waals surface area (Å²) < 4.78 is 26.0. The summed E-state index contributed by atoms with van der Waals surface area (Å²) in [6.45, 7) is 4.38. The second-order valence-electron chi connectivity index (χ2n) is 3.87. The lowest BCUT2D eigenvalue weighted by atomic mass is 10.4. The Bertz CT molecular complexity index is 451. The van der Waals surface area contributed by atoms with E-state index >= 15 is 0 Å². The average Bonchev–Trinajstić information content (AvgIpc) is 2.55. The van der Waals surface area contributed by atoms with E-state index in [9.17, 15) is 8.42 Å². The number of H-pyrrole nitrogens is 1. The largest absolute Gasteiger partial charge is 0.315 e. The molecule has 2 heterocycles. The van der Waals surface area contributed by atoms with Crippen LogP contribution in [0.15, 0.2) is 11.1 Å². The third-order valence-electron chi connectivity index (χ3n) is 2.70. The SMILES string of the molecule is Cc1[nH]ncc1S(=O)(=O)N1CCCNCC1.Cl. The molecule has 1 fully saturated rings. The van der Waals surface area contributed by atoms with Gasteiger partial charge < -0.3 is 5.32 Å². The van der Waals surface area contributed by atoms with Gasteiger partial charge in [0.15, 0.2) is 0 Å². The van der Waals surface area contributed by atoms with Gasteiger partial charge in [-0.3, -0.25) is 5.10 Å². The normalized spacial score (nSPS) is 18.4. The zero-order valence-corrected chi connectivity index (χ0v) is 11.3. The molecule has 8 heteroatoms. The minimum absolute atomic E-state index is 0. The first-order chi connectivity index (χ1) is 7.62. The molecular formula is C9H17ClN4O2S. The van der Waals surface area contributed by atoms with Crippen molar-refractivity contribution in [1.29, 1.82) is 0 Å². The molecule has 6 nitrogen and oxygen atoms in total. The molecular weight excluding hydrogens is 264 g/mol. The fraction of sp³-hybridized carbons (Fsp3) is 0.667. The van der Waals surface area contributed by atoms with Gasteiger partial charge >= 0.3 is 0 Å². The molecule has 1 saturated heterocycles. The maximum absolute atomic E-state index is 12.3. The number of halogens is 1.